The van der Waals surface area contributed by atoms with Gasteiger partial charge in [-0.3, -0.25) is 43.3 Å². The summed E-state index contributed by atoms with van der Waals surface area (Å²) in [6.07, 6.45) is 2.52. The van der Waals surface area contributed by atoms with Gasteiger partial charge in [-0.25, -0.2) is 4.79 Å². The Morgan fingerprint density at radius 3 is 2.22 bits per heavy atom. The Morgan fingerprint density at radius 2 is 1.51 bits per heavy atom. The molecule has 1 saturated heterocycles. The van der Waals surface area contributed by atoms with Gasteiger partial charge in [-0.15, -0.1) is 0 Å². The monoisotopic (exact) mass is 954 g/mol. The summed E-state index contributed by atoms with van der Waals surface area (Å²) in [5, 5.41) is 19.4. The summed E-state index contributed by atoms with van der Waals surface area (Å²) in [6.45, 7) is 1.73. The quantitative estimate of drug-likeness (QED) is 0.0942. The van der Waals surface area contributed by atoms with E-state index >= 15 is 0 Å². The minimum Gasteiger partial charge on any atom is -0.368 e. The smallest absolute Gasteiger partial charge is 0.324 e. The van der Waals surface area contributed by atoms with Crippen LogP contribution in [0.5, 0.6) is 0 Å². The topological polar surface area (TPSA) is 283 Å². The molecule has 4 aromatic rings. The highest BCUT2D eigenvalue weighted by molar-refractivity contribution is 6.30. The minimum absolute atomic E-state index is 0.00490. The first-order chi connectivity index (χ1) is 32.6. The van der Waals surface area contributed by atoms with Crippen molar-refractivity contribution in [3.63, 3.8) is 0 Å². The number of nitrogens with two attached hydrogens (primary N) is 1. The van der Waals surface area contributed by atoms with E-state index in [-0.39, 0.29) is 38.3 Å². The minimum atomic E-state index is -1.62. The van der Waals surface area contributed by atoms with Crippen molar-refractivity contribution in [2.45, 2.75) is 89.4 Å². The molecule has 10 amide bonds. The second-order valence-electron chi connectivity index (χ2n) is 16.7. The van der Waals surface area contributed by atoms with Crippen molar-refractivity contribution in [3.05, 3.63) is 107 Å². The van der Waals surface area contributed by atoms with E-state index in [2.05, 4.69) is 42.2 Å². The van der Waals surface area contributed by atoms with Crippen molar-refractivity contribution in [2.24, 2.45) is 11.7 Å². The average Bonchev–Trinajstić information content (AvgIpc) is 3.72. The van der Waals surface area contributed by atoms with Gasteiger partial charge >= 0.3 is 6.03 Å². The summed E-state index contributed by atoms with van der Waals surface area (Å²) in [5.74, 6) is -6.45. The Bertz CT molecular complexity index is 2430. The van der Waals surface area contributed by atoms with Crippen LogP contribution in [0.3, 0.4) is 0 Å². The third kappa shape index (κ3) is 16.0. The van der Waals surface area contributed by atoms with Gasteiger partial charge in [0.25, 0.3) is 5.91 Å². The maximum atomic E-state index is 14.7. The molecule has 1 fully saturated rings. The number of para-hydroxylation sites is 1. The Balaban J connectivity index is 1.49. The fourth-order valence-corrected chi connectivity index (χ4v) is 7.86. The fourth-order valence-electron chi connectivity index (χ4n) is 7.73. The first kappa shape index (κ1) is 51.7. The van der Waals surface area contributed by atoms with Crippen molar-refractivity contribution < 1.29 is 43.2 Å². The molecule has 0 aliphatic carbocycles. The number of amides is 10. The zero-order chi connectivity index (χ0) is 49.2. The lowest BCUT2D eigenvalue weighted by molar-refractivity contribution is -0.137. The molecule has 362 valence electrons. The predicted molar refractivity (Wildman–Crippen MR) is 253 cm³/mol. The van der Waals surface area contributed by atoms with Crippen molar-refractivity contribution in [2.75, 3.05) is 26.2 Å². The maximum absolute atomic E-state index is 14.7. The van der Waals surface area contributed by atoms with Crippen LogP contribution in [0.4, 0.5) is 4.79 Å². The largest absolute Gasteiger partial charge is 0.368 e. The van der Waals surface area contributed by atoms with Gasteiger partial charge in [0.2, 0.25) is 41.4 Å². The van der Waals surface area contributed by atoms with Gasteiger partial charge in [-0.1, -0.05) is 85.6 Å². The number of urea groups is 1. The first-order valence-corrected chi connectivity index (χ1v) is 22.9. The van der Waals surface area contributed by atoms with E-state index in [0.717, 1.165) is 21.4 Å². The Morgan fingerprint density at radius 1 is 0.809 bits per heavy atom. The molecule has 68 heavy (non-hydrogen) atoms. The van der Waals surface area contributed by atoms with E-state index in [1.165, 1.54) is 6.92 Å². The summed E-state index contributed by atoms with van der Waals surface area (Å²) in [4.78, 5) is 126. The molecule has 2 heterocycles. The zero-order valence-corrected chi connectivity index (χ0v) is 38.8. The van der Waals surface area contributed by atoms with Gasteiger partial charge in [0.1, 0.15) is 24.2 Å². The van der Waals surface area contributed by atoms with E-state index in [4.69, 9.17) is 17.3 Å². The van der Waals surface area contributed by atoms with Crippen LogP contribution in [0.25, 0.3) is 10.9 Å². The SMILES string of the molecule is CCC(Cc1ccc(Cl)cc1)CN1C(=O)NC(Cc2ccccc2)C(=O)NCC(=O)N[C@@H](Cc2c[nH]c3ccccc23)C(=O)NC(C(N)=O)CCCCNC(=O)CC(NC(=O)CNC(C)=O)C1=O. The van der Waals surface area contributed by atoms with Crippen LogP contribution in [-0.2, 0) is 57.6 Å². The molecule has 4 unspecified atom stereocenters. The third-order valence-corrected chi connectivity index (χ3v) is 11.7. The summed E-state index contributed by atoms with van der Waals surface area (Å²) in [5.41, 5.74) is 8.67. The van der Waals surface area contributed by atoms with E-state index in [1.54, 1.807) is 48.7 Å². The van der Waals surface area contributed by atoms with Gasteiger partial charge in [0.15, 0.2) is 0 Å². The number of halogens is 1. The summed E-state index contributed by atoms with van der Waals surface area (Å²) >= 11 is 6.14. The molecular weight excluding hydrogens is 896 g/mol. The van der Waals surface area contributed by atoms with Crippen LogP contribution in [-0.4, -0.2) is 114 Å². The van der Waals surface area contributed by atoms with Crippen LogP contribution in [0.1, 0.15) is 62.6 Å². The number of carbonyl (C=O) groups is 9. The average molecular weight is 956 g/mol. The Kier molecular flexibility index (Phi) is 19.4. The highest BCUT2D eigenvalue weighted by Crippen LogP contribution is 2.21. The Labute approximate surface area is 398 Å². The van der Waals surface area contributed by atoms with Gasteiger partial charge < -0.3 is 47.9 Å². The number of hydrogen-bond acceptors (Lipinski definition) is 9. The standard InChI is InChI=1S/C48H59ClN10O9/c1-3-30(21-32-16-18-34(49)19-17-32)28-59-47(67)40(56-42(62)26-52-29(2)60)24-41(61)51-20-10-9-15-37(44(50)64)57-46(66)39(23-33-25-53-36-14-8-7-13-35(33)36)55-43(63)27-54-45(65)38(58-48(59)68)22-31-11-5-4-6-12-31/h4-8,11-14,16-19,25,30,37-40,53H,3,9-10,15,20-24,26-28H2,1-2H3,(H2,50,64)(H,51,61)(H,52,60)(H,54,65)(H,55,63)(H,56,62)(H,57,66)(H,58,68)/t30?,37?,38?,39-,40?/m0/s1. The number of aromatic amines is 1. The summed E-state index contributed by atoms with van der Waals surface area (Å²) in [6, 6.07) is 16.7. The number of nitrogens with zero attached hydrogens (tertiary/aromatic N) is 1. The lowest BCUT2D eigenvalue weighted by atomic mass is 9.96. The van der Waals surface area contributed by atoms with E-state index < -0.39 is 97.0 Å². The molecule has 5 atom stereocenters. The van der Waals surface area contributed by atoms with Crippen molar-refractivity contribution in [3.8, 4) is 0 Å². The molecule has 19 nitrogen and oxygen atoms in total. The first-order valence-electron chi connectivity index (χ1n) is 22.5. The highest BCUT2D eigenvalue weighted by atomic mass is 35.5. The predicted octanol–water partition coefficient (Wildman–Crippen LogP) is 1.66. The van der Waals surface area contributed by atoms with Crippen molar-refractivity contribution in [1.82, 2.24) is 47.1 Å². The molecule has 0 saturated carbocycles. The van der Waals surface area contributed by atoms with Crippen LogP contribution in [0, 0.1) is 5.92 Å². The molecule has 20 heteroatoms. The van der Waals surface area contributed by atoms with Crippen molar-refractivity contribution >= 4 is 75.8 Å². The lowest BCUT2D eigenvalue weighted by Crippen LogP contribution is -2.59. The number of fused-ring (bicyclic) bond motifs is 1. The normalized spacial score (nSPS) is 20.0. The zero-order valence-electron chi connectivity index (χ0n) is 38.0. The number of aromatic nitrogens is 1. The lowest BCUT2D eigenvalue weighted by Gasteiger charge is -2.31. The number of H-pyrrole nitrogens is 1. The number of primary amides is 1. The number of carbonyl (C=O) groups excluding carboxylic acids is 9. The molecule has 10 N–H and O–H groups in total. The fraction of sp³-hybridized carbons (Fsp3) is 0.396. The molecular formula is C48H59ClN10O9. The molecule has 0 radical (unpaired) electrons. The Hall–Kier alpha value is -7.28. The molecule has 1 aliphatic rings. The van der Waals surface area contributed by atoms with E-state index in [1.807, 2.05) is 43.3 Å². The maximum Gasteiger partial charge on any atom is 0.324 e. The summed E-state index contributed by atoms with van der Waals surface area (Å²) < 4.78 is 0. The number of nitrogens with one attached hydrogen (secondary N) is 8. The molecule has 1 aliphatic heterocycles. The van der Waals surface area contributed by atoms with E-state index in [9.17, 15) is 43.2 Å². The molecule has 1 aromatic heterocycles. The second-order valence-corrected chi connectivity index (χ2v) is 17.1. The number of hydrogen-bond donors (Lipinski definition) is 9. The van der Waals surface area contributed by atoms with Crippen LogP contribution >= 0.6 is 11.6 Å². The van der Waals surface area contributed by atoms with Gasteiger partial charge in [-0.05, 0) is 66.5 Å². The third-order valence-electron chi connectivity index (χ3n) is 11.5. The van der Waals surface area contributed by atoms with Crippen LogP contribution in [0.2, 0.25) is 5.02 Å². The molecule has 0 bridgehead atoms. The van der Waals surface area contributed by atoms with Crippen molar-refractivity contribution in [1.29, 1.82) is 0 Å². The van der Waals surface area contributed by atoms with E-state index in [0.29, 0.717) is 41.8 Å². The van der Waals surface area contributed by atoms with Gasteiger partial charge in [0.05, 0.1) is 19.5 Å². The van der Waals surface area contributed by atoms with Gasteiger partial charge in [-0.2, -0.15) is 0 Å². The second kappa shape index (κ2) is 25.6. The molecule has 5 rings (SSSR count). The number of imide groups is 1. The highest BCUT2D eigenvalue weighted by Gasteiger charge is 2.36. The summed E-state index contributed by atoms with van der Waals surface area (Å²) in [7, 11) is 0. The number of rotatable bonds is 13. The van der Waals surface area contributed by atoms with Crippen LogP contribution < -0.4 is 43.0 Å². The number of benzene rings is 3. The molecule has 3 aromatic carbocycles. The van der Waals surface area contributed by atoms with Gasteiger partial charge in [0, 0.05) is 55.0 Å². The van der Waals surface area contributed by atoms with Crippen LogP contribution in [0.15, 0.2) is 85.1 Å². The molecule has 0 spiro atoms.